The number of aromatic nitrogens is 1. The van der Waals surface area contributed by atoms with Crippen molar-refractivity contribution in [1.82, 2.24) is 10.3 Å². The second-order valence-corrected chi connectivity index (χ2v) is 3.93. The number of carboxylic acid groups (broad SMARTS) is 1. The van der Waals surface area contributed by atoms with Crippen molar-refractivity contribution in [2.45, 2.75) is 25.8 Å². The van der Waals surface area contributed by atoms with E-state index in [4.69, 9.17) is 5.11 Å². The van der Waals surface area contributed by atoms with E-state index in [1.54, 1.807) is 5.51 Å². The number of hydrogen-bond donors (Lipinski definition) is 2. The molecule has 1 amide bonds. The predicted octanol–water partition coefficient (Wildman–Crippen LogP) is 1.13. The zero-order chi connectivity index (χ0) is 11.3. The van der Waals surface area contributed by atoms with Crippen LogP contribution in [0.25, 0.3) is 0 Å². The van der Waals surface area contributed by atoms with Gasteiger partial charge in [-0.2, -0.15) is 0 Å². The number of aliphatic carboxylic acids is 1. The standard InChI is InChI=1S/C9H12N2O3S/c1-2-6(3-8(12)13)11-9(14)7-4-10-5-15-7/h4-6H,2-3H2,1H3,(H,11,14)(H,12,13). The molecular formula is C9H12N2O3S. The van der Waals surface area contributed by atoms with Crippen molar-refractivity contribution in [3.63, 3.8) is 0 Å². The lowest BCUT2D eigenvalue weighted by Gasteiger charge is -2.13. The highest BCUT2D eigenvalue weighted by atomic mass is 32.1. The molecule has 1 heterocycles. The van der Waals surface area contributed by atoms with Gasteiger partial charge in [-0.1, -0.05) is 6.92 Å². The summed E-state index contributed by atoms with van der Waals surface area (Å²) in [4.78, 5) is 26.3. The van der Waals surface area contributed by atoms with Crippen LogP contribution in [0.2, 0.25) is 0 Å². The van der Waals surface area contributed by atoms with Gasteiger partial charge in [0.25, 0.3) is 5.91 Å². The first kappa shape index (κ1) is 11.6. The lowest BCUT2D eigenvalue weighted by Crippen LogP contribution is -2.35. The zero-order valence-electron chi connectivity index (χ0n) is 8.27. The Morgan fingerprint density at radius 2 is 2.40 bits per heavy atom. The molecule has 0 saturated carbocycles. The quantitative estimate of drug-likeness (QED) is 0.791. The summed E-state index contributed by atoms with van der Waals surface area (Å²) in [5.41, 5.74) is 1.56. The highest BCUT2D eigenvalue weighted by Gasteiger charge is 2.15. The first-order chi connectivity index (χ1) is 7.13. The fourth-order valence-corrected chi connectivity index (χ4v) is 1.62. The molecule has 0 aliphatic heterocycles. The van der Waals surface area contributed by atoms with E-state index < -0.39 is 5.97 Å². The Bertz CT molecular complexity index is 337. The van der Waals surface area contributed by atoms with Crippen LogP contribution in [0.4, 0.5) is 0 Å². The molecule has 1 unspecified atom stereocenters. The maximum atomic E-state index is 11.5. The van der Waals surface area contributed by atoms with Crippen molar-refractivity contribution < 1.29 is 14.7 Å². The Morgan fingerprint density at radius 3 is 2.87 bits per heavy atom. The predicted molar refractivity (Wildman–Crippen MR) is 55.9 cm³/mol. The van der Waals surface area contributed by atoms with Crippen molar-refractivity contribution in [2.24, 2.45) is 0 Å². The summed E-state index contributed by atoms with van der Waals surface area (Å²) < 4.78 is 0. The summed E-state index contributed by atoms with van der Waals surface area (Å²) in [5, 5.41) is 11.2. The molecular weight excluding hydrogens is 216 g/mol. The lowest BCUT2D eigenvalue weighted by molar-refractivity contribution is -0.137. The molecule has 0 bridgehead atoms. The number of carbonyl (C=O) groups is 2. The topological polar surface area (TPSA) is 79.3 Å². The van der Waals surface area contributed by atoms with Crippen LogP contribution in [0.5, 0.6) is 0 Å². The molecule has 1 aromatic heterocycles. The molecule has 1 atom stereocenters. The van der Waals surface area contributed by atoms with Gasteiger partial charge >= 0.3 is 5.97 Å². The lowest BCUT2D eigenvalue weighted by atomic mass is 10.1. The van der Waals surface area contributed by atoms with Gasteiger partial charge in [0.1, 0.15) is 4.88 Å². The van der Waals surface area contributed by atoms with Gasteiger partial charge in [-0.15, -0.1) is 11.3 Å². The molecule has 0 radical (unpaired) electrons. The molecule has 1 rings (SSSR count). The number of thiazole rings is 1. The van der Waals surface area contributed by atoms with Crippen molar-refractivity contribution in [3.05, 3.63) is 16.6 Å². The smallest absolute Gasteiger partial charge is 0.305 e. The third kappa shape index (κ3) is 3.67. The van der Waals surface area contributed by atoms with Crippen LogP contribution in [0.3, 0.4) is 0 Å². The van der Waals surface area contributed by atoms with Gasteiger partial charge in [0, 0.05) is 6.04 Å². The molecule has 0 aromatic carbocycles. The van der Waals surface area contributed by atoms with Gasteiger partial charge in [-0.3, -0.25) is 14.6 Å². The van der Waals surface area contributed by atoms with Gasteiger partial charge in [-0.05, 0) is 6.42 Å². The maximum Gasteiger partial charge on any atom is 0.305 e. The highest BCUT2D eigenvalue weighted by Crippen LogP contribution is 2.07. The van der Waals surface area contributed by atoms with E-state index in [1.807, 2.05) is 6.92 Å². The van der Waals surface area contributed by atoms with Crippen LogP contribution in [0, 0.1) is 0 Å². The number of carboxylic acids is 1. The van der Waals surface area contributed by atoms with Crippen LogP contribution in [-0.2, 0) is 4.79 Å². The van der Waals surface area contributed by atoms with Gasteiger partial charge in [0.2, 0.25) is 0 Å². The van der Waals surface area contributed by atoms with Crippen molar-refractivity contribution in [3.8, 4) is 0 Å². The number of carbonyl (C=O) groups excluding carboxylic acids is 1. The number of rotatable bonds is 5. The maximum absolute atomic E-state index is 11.5. The summed E-state index contributed by atoms with van der Waals surface area (Å²) in [5.74, 6) is -1.17. The number of amides is 1. The third-order valence-electron chi connectivity index (χ3n) is 1.91. The average molecular weight is 228 g/mol. The van der Waals surface area contributed by atoms with E-state index in [-0.39, 0.29) is 18.4 Å². The van der Waals surface area contributed by atoms with Gasteiger partial charge in [0.15, 0.2) is 0 Å². The fraction of sp³-hybridized carbons (Fsp3) is 0.444. The molecule has 15 heavy (non-hydrogen) atoms. The monoisotopic (exact) mass is 228 g/mol. The molecule has 0 spiro atoms. The summed E-state index contributed by atoms with van der Waals surface area (Å²) in [7, 11) is 0. The molecule has 0 aliphatic carbocycles. The Balaban J connectivity index is 2.52. The van der Waals surface area contributed by atoms with E-state index in [2.05, 4.69) is 10.3 Å². The highest BCUT2D eigenvalue weighted by molar-refractivity contribution is 7.11. The van der Waals surface area contributed by atoms with E-state index in [0.29, 0.717) is 11.3 Å². The Hall–Kier alpha value is -1.43. The number of hydrogen-bond acceptors (Lipinski definition) is 4. The largest absolute Gasteiger partial charge is 0.481 e. The van der Waals surface area contributed by atoms with Crippen LogP contribution >= 0.6 is 11.3 Å². The molecule has 0 aliphatic rings. The minimum atomic E-state index is -0.911. The second-order valence-electron chi connectivity index (χ2n) is 3.04. The Kier molecular flexibility index (Phi) is 4.23. The van der Waals surface area contributed by atoms with Gasteiger partial charge in [-0.25, -0.2) is 0 Å². The summed E-state index contributed by atoms with van der Waals surface area (Å²) in [6.45, 7) is 1.83. The van der Waals surface area contributed by atoms with Crippen molar-refractivity contribution in [2.75, 3.05) is 0 Å². The average Bonchev–Trinajstić information content (AvgIpc) is 2.68. The summed E-state index contributed by atoms with van der Waals surface area (Å²) in [6, 6.07) is -0.322. The minimum Gasteiger partial charge on any atom is -0.481 e. The molecule has 0 saturated heterocycles. The van der Waals surface area contributed by atoms with Crippen LogP contribution in [0.1, 0.15) is 29.4 Å². The van der Waals surface area contributed by atoms with E-state index in [1.165, 1.54) is 17.5 Å². The summed E-state index contributed by atoms with van der Waals surface area (Å²) in [6.07, 6.45) is 2.01. The zero-order valence-corrected chi connectivity index (χ0v) is 9.08. The number of nitrogens with one attached hydrogen (secondary N) is 1. The molecule has 82 valence electrons. The van der Waals surface area contributed by atoms with Crippen LogP contribution < -0.4 is 5.32 Å². The number of nitrogens with zero attached hydrogens (tertiary/aromatic N) is 1. The van der Waals surface area contributed by atoms with Crippen LogP contribution in [0.15, 0.2) is 11.7 Å². The normalized spacial score (nSPS) is 12.1. The first-order valence-electron chi connectivity index (χ1n) is 4.54. The summed E-state index contributed by atoms with van der Waals surface area (Å²) >= 11 is 1.23. The minimum absolute atomic E-state index is 0.0545. The van der Waals surface area contributed by atoms with E-state index in [9.17, 15) is 9.59 Å². The van der Waals surface area contributed by atoms with E-state index >= 15 is 0 Å². The van der Waals surface area contributed by atoms with E-state index in [0.717, 1.165) is 0 Å². The van der Waals surface area contributed by atoms with Crippen molar-refractivity contribution in [1.29, 1.82) is 0 Å². The van der Waals surface area contributed by atoms with Crippen molar-refractivity contribution >= 4 is 23.2 Å². The molecule has 6 heteroatoms. The molecule has 0 fully saturated rings. The van der Waals surface area contributed by atoms with Gasteiger partial charge in [0.05, 0.1) is 18.1 Å². The van der Waals surface area contributed by atoms with Crippen LogP contribution in [-0.4, -0.2) is 28.0 Å². The van der Waals surface area contributed by atoms with Gasteiger partial charge < -0.3 is 10.4 Å². The molecule has 1 aromatic rings. The molecule has 2 N–H and O–H groups in total. The third-order valence-corrected chi connectivity index (χ3v) is 2.68. The Labute approximate surface area is 91.1 Å². The SMILES string of the molecule is CCC(CC(=O)O)NC(=O)c1cncs1. The molecule has 5 nitrogen and oxygen atoms in total. The first-order valence-corrected chi connectivity index (χ1v) is 5.42. The Morgan fingerprint density at radius 1 is 1.67 bits per heavy atom. The second kappa shape index (κ2) is 5.45. The fourth-order valence-electron chi connectivity index (χ4n) is 1.09.